The van der Waals surface area contributed by atoms with E-state index in [1.54, 1.807) is 0 Å². The van der Waals surface area contributed by atoms with Crippen LogP contribution in [0.3, 0.4) is 0 Å². The zero-order chi connectivity index (χ0) is 15.2. The first kappa shape index (κ1) is 15.9. The molecule has 3 nitrogen and oxygen atoms in total. The lowest BCUT2D eigenvalue weighted by Crippen LogP contribution is -2.37. The highest BCUT2D eigenvalue weighted by Crippen LogP contribution is 2.30. The maximum atomic E-state index is 12.5. The molecule has 0 aliphatic heterocycles. The maximum absolute atomic E-state index is 12.5. The van der Waals surface area contributed by atoms with Crippen LogP contribution in [-0.2, 0) is 6.18 Å². The van der Waals surface area contributed by atoms with Crippen molar-refractivity contribution in [3.63, 3.8) is 0 Å². The Labute approximate surface area is 115 Å². The molecular weight excluding hydrogens is 269 g/mol. The summed E-state index contributed by atoms with van der Waals surface area (Å²) in [5.41, 5.74) is -0.762. The van der Waals surface area contributed by atoms with Gasteiger partial charge in [0.25, 0.3) is 0 Å². The van der Waals surface area contributed by atoms with E-state index in [4.69, 9.17) is 6.42 Å². The van der Waals surface area contributed by atoms with E-state index in [0.717, 1.165) is 18.6 Å². The van der Waals surface area contributed by atoms with Crippen LogP contribution in [0.2, 0.25) is 0 Å². The van der Waals surface area contributed by atoms with Crippen LogP contribution in [0.1, 0.15) is 25.3 Å². The Balaban J connectivity index is 2.69. The van der Waals surface area contributed by atoms with Gasteiger partial charge >= 0.3 is 12.2 Å². The molecule has 0 bridgehead atoms. The van der Waals surface area contributed by atoms with Gasteiger partial charge in [0.1, 0.15) is 0 Å². The zero-order valence-electron chi connectivity index (χ0n) is 10.9. The molecule has 0 saturated heterocycles. The Kier molecular flexibility index (Phi) is 5.44. The molecule has 0 radical (unpaired) electrons. The lowest BCUT2D eigenvalue weighted by atomic mass is 10.2. The Hall–Kier alpha value is -2.16. The third kappa shape index (κ3) is 4.84. The van der Waals surface area contributed by atoms with E-state index in [1.807, 2.05) is 6.92 Å². The molecule has 2 amide bonds. The molecule has 108 valence electrons. The number of alkyl halides is 3. The molecule has 0 spiro atoms. The lowest BCUT2D eigenvalue weighted by molar-refractivity contribution is -0.137. The average Bonchev–Trinajstić information content (AvgIpc) is 2.37. The van der Waals surface area contributed by atoms with Gasteiger partial charge in [-0.05, 0) is 24.6 Å². The summed E-state index contributed by atoms with van der Waals surface area (Å²) in [5, 5.41) is 4.84. The van der Waals surface area contributed by atoms with Crippen LogP contribution in [0.25, 0.3) is 0 Å². The second kappa shape index (κ2) is 6.85. The highest BCUT2D eigenvalue weighted by molar-refractivity contribution is 5.89. The fourth-order valence-corrected chi connectivity index (χ4v) is 1.58. The summed E-state index contributed by atoms with van der Waals surface area (Å²) < 4.78 is 37.5. The van der Waals surface area contributed by atoms with Crippen LogP contribution in [0.4, 0.5) is 23.7 Å². The number of nitrogens with one attached hydrogen (secondary N) is 2. The SMILES string of the molecule is C#CC(CCC)NC(=O)Nc1cccc(C(F)(F)F)c1. The molecule has 0 aliphatic rings. The van der Waals surface area contributed by atoms with Crippen molar-refractivity contribution in [1.82, 2.24) is 5.32 Å². The van der Waals surface area contributed by atoms with E-state index in [-0.39, 0.29) is 5.69 Å². The molecule has 2 N–H and O–H groups in total. The van der Waals surface area contributed by atoms with Crippen LogP contribution in [-0.4, -0.2) is 12.1 Å². The van der Waals surface area contributed by atoms with E-state index >= 15 is 0 Å². The van der Waals surface area contributed by atoms with E-state index < -0.39 is 23.8 Å². The standard InChI is InChI=1S/C14H15F3N2O/c1-3-6-11(4-2)18-13(20)19-12-8-5-7-10(9-12)14(15,16)17/h2,5,7-9,11H,3,6H2,1H3,(H2,18,19,20). The summed E-state index contributed by atoms with van der Waals surface area (Å²) in [4.78, 5) is 11.6. The maximum Gasteiger partial charge on any atom is 0.416 e. The number of terminal acetylenes is 1. The fourth-order valence-electron chi connectivity index (χ4n) is 1.58. The summed E-state index contributed by atoms with van der Waals surface area (Å²) in [5.74, 6) is 2.40. The Bertz CT molecular complexity index is 506. The van der Waals surface area contributed by atoms with Gasteiger partial charge in [0.05, 0.1) is 11.6 Å². The monoisotopic (exact) mass is 284 g/mol. The van der Waals surface area contributed by atoms with Gasteiger partial charge in [-0.25, -0.2) is 4.79 Å². The van der Waals surface area contributed by atoms with Gasteiger partial charge in [0.2, 0.25) is 0 Å². The number of carbonyl (C=O) groups excluding carboxylic acids is 1. The van der Waals surface area contributed by atoms with Gasteiger partial charge in [-0.1, -0.05) is 25.3 Å². The predicted molar refractivity (Wildman–Crippen MR) is 71.1 cm³/mol. The first-order valence-electron chi connectivity index (χ1n) is 6.07. The van der Waals surface area contributed by atoms with Crippen molar-refractivity contribution >= 4 is 11.7 Å². The minimum absolute atomic E-state index is 0.0598. The van der Waals surface area contributed by atoms with Crippen LogP contribution in [0.5, 0.6) is 0 Å². The fraction of sp³-hybridized carbons (Fsp3) is 0.357. The van der Waals surface area contributed by atoms with Crippen LogP contribution in [0, 0.1) is 12.3 Å². The normalized spacial score (nSPS) is 12.3. The molecule has 20 heavy (non-hydrogen) atoms. The molecule has 0 aliphatic carbocycles. The molecule has 0 saturated carbocycles. The lowest BCUT2D eigenvalue weighted by Gasteiger charge is -2.14. The number of anilines is 1. The molecule has 1 atom stereocenters. The van der Waals surface area contributed by atoms with Gasteiger partial charge in [-0.15, -0.1) is 6.42 Å². The van der Waals surface area contributed by atoms with Gasteiger partial charge in [-0.3, -0.25) is 0 Å². The van der Waals surface area contributed by atoms with E-state index in [0.29, 0.717) is 6.42 Å². The quantitative estimate of drug-likeness (QED) is 0.814. The van der Waals surface area contributed by atoms with Crippen molar-refractivity contribution in [3.8, 4) is 12.3 Å². The van der Waals surface area contributed by atoms with Gasteiger partial charge in [0.15, 0.2) is 0 Å². The second-order valence-corrected chi connectivity index (χ2v) is 4.18. The summed E-state index contributed by atoms with van der Waals surface area (Å²) in [6.07, 6.45) is 2.19. The third-order valence-corrected chi connectivity index (χ3v) is 2.53. The van der Waals surface area contributed by atoms with Crippen molar-refractivity contribution in [2.45, 2.75) is 32.0 Å². The minimum Gasteiger partial charge on any atom is -0.324 e. The minimum atomic E-state index is -4.45. The number of hydrogen-bond donors (Lipinski definition) is 2. The molecular formula is C14H15F3N2O. The van der Waals surface area contributed by atoms with Gasteiger partial charge in [-0.2, -0.15) is 13.2 Å². The topological polar surface area (TPSA) is 41.1 Å². The molecule has 0 fully saturated rings. The molecule has 1 aromatic rings. The van der Waals surface area contributed by atoms with Crippen molar-refractivity contribution in [1.29, 1.82) is 0 Å². The first-order chi connectivity index (χ1) is 9.36. The van der Waals surface area contributed by atoms with Crippen molar-refractivity contribution in [3.05, 3.63) is 29.8 Å². The molecule has 0 heterocycles. The number of amides is 2. The van der Waals surface area contributed by atoms with Crippen LogP contribution in [0.15, 0.2) is 24.3 Å². The number of benzene rings is 1. The Morgan fingerprint density at radius 1 is 1.45 bits per heavy atom. The molecule has 1 aromatic carbocycles. The van der Waals surface area contributed by atoms with Gasteiger partial charge in [0, 0.05) is 5.69 Å². The van der Waals surface area contributed by atoms with Gasteiger partial charge < -0.3 is 10.6 Å². The second-order valence-electron chi connectivity index (χ2n) is 4.18. The average molecular weight is 284 g/mol. The summed E-state index contributed by atoms with van der Waals surface area (Å²) >= 11 is 0. The van der Waals surface area contributed by atoms with E-state index in [9.17, 15) is 18.0 Å². The van der Waals surface area contributed by atoms with Crippen molar-refractivity contribution < 1.29 is 18.0 Å². The van der Waals surface area contributed by atoms with E-state index in [1.165, 1.54) is 12.1 Å². The molecule has 0 aromatic heterocycles. The largest absolute Gasteiger partial charge is 0.416 e. The summed E-state index contributed by atoms with van der Waals surface area (Å²) in [6, 6.07) is 3.34. The molecule has 1 rings (SSSR count). The number of rotatable bonds is 4. The molecule has 6 heteroatoms. The Morgan fingerprint density at radius 3 is 2.70 bits per heavy atom. The number of carbonyl (C=O) groups is 1. The predicted octanol–water partition coefficient (Wildman–Crippen LogP) is 3.63. The number of urea groups is 1. The van der Waals surface area contributed by atoms with Crippen molar-refractivity contribution in [2.75, 3.05) is 5.32 Å². The number of hydrogen-bond acceptors (Lipinski definition) is 1. The first-order valence-corrected chi connectivity index (χ1v) is 6.07. The van der Waals surface area contributed by atoms with Crippen LogP contribution < -0.4 is 10.6 Å². The highest BCUT2D eigenvalue weighted by atomic mass is 19.4. The van der Waals surface area contributed by atoms with E-state index in [2.05, 4.69) is 16.6 Å². The summed E-state index contributed by atoms with van der Waals surface area (Å²) in [7, 11) is 0. The zero-order valence-corrected chi connectivity index (χ0v) is 10.9. The van der Waals surface area contributed by atoms with Crippen molar-refractivity contribution in [2.24, 2.45) is 0 Å². The van der Waals surface area contributed by atoms with Crippen LogP contribution >= 0.6 is 0 Å². The smallest absolute Gasteiger partial charge is 0.324 e. The third-order valence-electron chi connectivity index (χ3n) is 2.53. The Morgan fingerprint density at radius 2 is 2.15 bits per heavy atom. The molecule has 1 unspecified atom stereocenters. The summed E-state index contributed by atoms with van der Waals surface area (Å²) in [6.45, 7) is 1.91. The highest BCUT2D eigenvalue weighted by Gasteiger charge is 2.30. The number of halogens is 3.